The van der Waals surface area contributed by atoms with E-state index in [1.165, 1.54) is 17.3 Å². The highest BCUT2D eigenvalue weighted by Crippen LogP contribution is 2.39. The molecule has 5 rings (SSSR count). The second-order valence-corrected chi connectivity index (χ2v) is 9.80. The van der Waals surface area contributed by atoms with Crippen LogP contribution in [0.4, 0.5) is 10.5 Å². The maximum atomic E-state index is 13.5. The Hall–Kier alpha value is -3.06. The van der Waals surface area contributed by atoms with Crippen LogP contribution in [0.1, 0.15) is 42.0 Å². The molecule has 2 amide bonds. The van der Waals surface area contributed by atoms with Crippen LogP contribution in [0.5, 0.6) is 5.88 Å². The number of nitrogens with one attached hydrogen (secondary N) is 2. The Labute approximate surface area is 174 Å². The molecule has 0 bridgehead atoms. The fourth-order valence-electron chi connectivity index (χ4n) is 4.67. The molecular formula is C20H22N6O3S. The third kappa shape index (κ3) is 3.01. The van der Waals surface area contributed by atoms with Crippen molar-refractivity contribution in [1.82, 2.24) is 14.5 Å². The summed E-state index contributed by atoms with van der Waals surface area (Å²) in [4.78, 5) is 13.0. The van der Waals surface area contributed by atoms with Crippen molar-refractivity contribution in [2.45, 2.75) is 63.0 Å². The van der Waals surface area contributed by atoms with Crippen LogP contribution in [0.3, 0.4) is 0 Å². The van der Waals surface area contributed by atoms with Crippen LogP contribution in [-0.4, -0.2) is 26.1 Å². The van der Waals surface area contributed by atoms with E-state index in [1.54, 1.807) is 10.9 Å². The van der Waals surface area contributed by atoms with Gasteiger partial charge in [0.05, 0.1) is 12.7 Å². The van der Waals surface area contributed by atoms with Crippen LogP contribution in [0.15, 0.2) is 21.5 Å². The zero-order valence-electron chi connectivity index (χ0n) is 16.6. The molecule has 156 valence electrons. The van der Waals surface area contributed by atoms with Gasteiger partial charge in [-0.25, -0.2) is 18.4 Å². The molecule has 1 aliphatic heterocycles. The number of aryl methyl sites for hydroxylation is 2. The molecule has 3 aliphatic rings. The van der Waals surface area contributed by atoms with E-state index in [1.807, 2.05) is 6.92 Å². The number of aromatic nitrogens is 2. The average Bonchev–Trinajstić information content (AvgIpc) is 3.44. The molecule has 1 aromatic heterocycles. The van der Waals surface area contributed by atoms with Gasteiger partial charge in [0.1, 0.15) is 6.10 Å². The van der Waals surface area contributed by atoms with E-state index in [-0.39, 0.29) is 16.9 Å². The molecule has 0 spiro atoms. The highest BCUT2D eigenvalue weighted by atomic mass is 32.2. The number of ether oxygens (including phenoxy) is 1. The quantitative estimate of drug-likeness (QED) is 0.577. The summed E-state index contributed by atoms with van der Waals surface area (Å²) in [6.45, 7) is 2.37. The smallest absolute Gasteiger partial charge is 0.355 e. The maximum Gasteiger partial charge on any atom is 0.355 e. The summed E-state index contributed by atoms with van der Waals surface area (Å²) in [5.41, 5.74) is 5.68. The highest BCUT2D eigenvalue weighted by Gasteiger charge is 2.31. The minimum Gasteiger partial charge on any atom is -0.472 e. The van der Waals surface area contributed by atoms with Crippen molar-refractivity contribution in [3.05, 3.63) is 34.5 Å². The number of fused-ring (bicyclic) bond motifs is 3. The second-order valence-electron chi connectivity index (χ2n) is 7.92. The van der Waals surface area contributed by atoms with Crippen LogP contribution in [-0.2, 0) is 42.1 Å². The lowest BCUT2D eigenvalue weighted by Gasteiger charge is -2.15. The molecule has 10 heteroatoms. The molecule has 30 heavy (non-hydrogen) atoms. The summed E-state index contributed by atoms with van der Waals surface area (Å²) in [7, 11) is -3.58. The summed E-state index contributed by atoms with van der Waals surface area (Å²) in [6, 6.07) is 1.52. The average molecular weight is 427 g/mol. The van der Waals surface area contributed by atoms with E-state index in [2.05, 4.69) is 25.6 Å². The first kappa shape index (κ1) is 18.9. The first-order valence-electron chi connectivity index (χ1n) is 10.1. The third-order valence-corrected chi connectivity index (χ3v) is 7.57. The molecule has 0 saturated carbocycles. The van der Waals surface area contributed by atoms with Gasteiger partial charge in [0.2, 0.25) is 5.88 Å². The predicted molar refractivity (Wildman–Crippen MR) is 109 cm³/mol. The van der Waals surface area contributed by atoms with Crippen molar-refractivity contribution >= 4 is 21.6 Å². The van der Waals surface area contributed by atoms with Crippen molar-refractivity contribution < 1.29 is 13.7 Å². The van der Waals surface area contributed by atoms with Gasteiger partial charge in [-0.05, 0) is 67.7 Å². The Balaban J connectivity index is 1.53. The summed E-state index contributed by atoms with van der Waals surface area (Å²) in [6.07, 6.45) is 8.81. The number of carbonyl (C=O) groups is 1. The topological polar surface area (TPSA) is 121 Å². The Kier molecular flexibility index (Phi) is 4.43. The number of nitrogens with zero attached hydrogens (tertiary/aromatic N) is 4. The number of anilines is 1. The number of nitriles is 1. The standard InChI is InChI=1S/C20H22N6O3S/c1-12-10-26-19(29-12)17(9-22-26)30(28,23-11-21)25-20(27)24-18-15-6-2-4-13(15)8-14-5-3-7-16(14)18/h8-9,12H,2-7,10H2,1H3,(H2,23,24,25,27,28)/t12-,30+/m0/s1. The molecule has 2 N–H and O–H groups in total. The molecule has 2 atom stereocenters. The van der Waals surface area contributed by atoms with Crippen LogP contribution in [0.2, 0.25) is 0 Å². The Morgan fingerprint density at radius 1 is 1.30 bits per heavy atom. The molecule has 2 heterocycles. The SMILES string of the molecule is C[C@H]1Cn2ncc([S@](=O)(=NC(=O)Nc3c4c(cc5c3CCC5)CCC4)NC#N)c2O1. The van der Waals surface area contributed by atoms with Crippen molar-refractivity contribution in [2.75, 3.05) is 5.32 Å². The van der Waals surface area contributed by atoms with Gasteiger partial charge in [-0.15, -0.1) is 4.36 Å². The number of benzene rings is 1. The van der Waals surface area contributed by atoms with Crippen LogP contribution in [0.25, 0.3) is 0 Å². The summed E-state index contributed by atoms with van der Waals surface area (Å²) in [5, 5.41) is 16.2. The molecule has 2 aromatic rings. The number of rotatable bonds is 3. The molecule has 0 saturated heterocycles. The monoisotopic (exact) mass is 426 g/mol. The van der Waals surface area contributed by atoms with Gasteiger partial charge in [0.15, 0.2) is 21.0 Å². The lowest BCUT2D eigenvalue weighted by molar-refractivity contribution is 0.248. The van der Waals surface area contributed by atoms with Gasteiger partial charge >= 0.3 is 6.03 Å². The van der Waals surface area contributed by atoms with Crippen molar-refractivity contribution in [1.29, 1.82) is 5.26 Å². The molecule has 0 unspecified atom stereocenters. The number of urea groups is 1. The summed E-state index contributed by atoms with van der Waals surface area (Å²) >= 11 is 0. The zero-order chi connectivity index (χ0) is 20.9. The number of hydrogen-bond donors (Lipinski definition) is 2. The summed E-state index contributed by atoms with van der Waals surface area (Å²) < 4.78 is 26.8. The van der Waals surface area contributed by atoms with E-state index in [4.69, 9.17) is 10.00 Å². The lowest BCUT2D eigenvalue weighted by atomic mass is 9.99. The zero-order valence-corrected chi connectivity index (χ0v) is 17.4. The Morgan fingerprint density at radius 2 is 2.00 bits per heavy atom. The van der Waals surface area contributed by atoms with E-state index < -0.39 is 15.9 Å². The van der Waals surface area contributed by atoms with E-state index in [9.17, 15) is 9.00 Å². The van der Waals surface area contributed by atoms with Gasteiger partial charge in [-0.1, -0.05) is 6.07 Å². The van der Waals surface area contributed by atoms with Gasteiger partial charge in [-0.3, -0.25) is 0 Å². The molecular weight excluding hydrogens is 404 g/mol. The van der Waals surface area contributed by atoms with Crippen molar-refractivity contribution in [3.8, 4) is 12.1 Å². The van der Waals surface area contributed by atoms with E-state index in [0.29, 0.717) is 6.54 Å². The van der Waals surface area contributed by atoms with Gasteiger partial charge in [-0.2, -0.15) is 10.4 Å². The number of carbonyl (C=O) groups excluding carboxylic acids is 1. The molecule has 9 nitrogen and oxygen atoms in total. The first-order chi connectivity index (χ1) is 14.5. The minimum absolute atomic E-state index is 0.104. The Morgan fingerprint density at radius 3 is 2.67 bits per heavy atom. The maximum absolute atomic E-state index is 13.5. The van der Waals surface area contributed by atoms with Crippen LogP contribution < -0.4 is 14.8 Å². The number of hydrogen-bond acceptors (Lipinski definition) is 5. The molecule has 0 radical (unpaired) electrons. The fraction of sp³-hybridized carbons (Fsp3) is 0.450. The minimum atomic E-state index is -3.58. The van der Waals surface area contributed by atoms with Gasteiger partial charge in [0, 0.05) is 5.69 Å². The molecule has 2 aliphatic carbocycles. The van der Waals surface area contributed by atoms with Gasteiger partial charge < -0.3 is 10.1 Å². The summed E-state index contributed by atoms with van der Waals surface area (Å²) in [5.74, 6) is 0.272. The Bertz CT molecular complexity index is 1190. The normalized spacial score (nSPS) is 20.3. The van der Waals surface area contributed by atoms with E-state index in [0.717, 1.165) is 55.3 Å². The first-order valence-corrected chi connectivity index (χ1v) is 11.6. The second kappa shape index (κ2) is 7.02. The number of amides is 2. The van der Waals surface area contributed by atoms with Crippen LogP contribution >= 0.6 is 0 Å². The molecule has 0 fully saturated rings. The van der Waals surface area contributed by atoms with E-state index >= 15 is 0 Å². The fourth-order valence-corrected chi connectivity index (χ4v) is 5.91. The predicted octanol–water partition coefficient (Wildman–Crippen LogP) is 2.69. The lowest BCUT2D eigenvalue weighted by Crippen LogP contribution is -2.22. The molecule has 1 aromatic carbocycles. The van der Waals surface area contributed by atoms with Crippen molar-refractivity contribution in [3.63, 3.8) is 0 Å². The highest BCUT2D eigenvalue weighted by molar-refractivity contribution is 7.92. The largest absolute Gasteiger partial charge is 0.472 e. The van der Waals surface area contributed by atoms with Crippen molar-refractivity contribution in [2.24, 2.45) is 4.36 Å². The third-order valence-electron chi connectivity index (χ3n) is 5.90. The van der Waals surface area contributed by atoms with Crippen LogP contribution in [0, 0.1) is 11.5 Å². The van der Waals surface area contributed by atoms with Gasteiger partial charge in [0.25, 0.3) is 0 Å².